The van der Waals surface area contributed by atoms with Crippen LogP contribution in [0, 0.1) is 0 Å². The van der Waals surface area contributed by atoms with Gasteiger partial charge in [-0.15, -0.1) is 0 Å². The molecule has 2 heteroatoms. The molecule has 0 spiro atoms. The SMILES string of the molecule is [2H]C([2H])([2H])C([2H])([2H])/C=C\C/C=C\CCC(=O)O. The Hall–Kier alpha value is -1.05. The quantitative estimate of drug-likeness (QED) is 0.627. The Morgan fingerprint density at radius 1 is 1.50 bits per heavy atom. The molecule has 0 bridgehead atoms. The molecule has 0 aromatic rings. The zero-order chi connectivity index (χ0) is 13.5. The summed E-state index contributed by atoms with van der Waals surface area (Å²) in [5, 5.41) is 8.35. The molecule has 0 aromatic heterocycles. The Labute approximate surface area is 80.6 Å². The van der Waals surface area contributed by atoms with Gasteiger partial charge in [0.1, 0.15) is 0 Å². The number of rotatable bonds is 6. The maximum atomic E-state index is 10.2. The summed E-state index contributed by atoms with van der Waals surface area (Å²) in [5.74, 6) is -0.871. The van der Waals surface area contributed by atoms with Gasteiger partial charge in [-0.05, 0) is 19.2 Å². The Morgan fingerprint density at radius 2 is 2.25 bits per heavy atom. The molecule has 0 rings (SSSR count). The predicted molar refractivity (Wildman–Crippen MR) is 50.1 cm³/mol. The largest absolute Gasteiger partial charge is 0.481 e. The lowest BCUT2D eigenvalue weighted by atomic mass is 10.2. The van der Waals surface area contributed by atoms with E-state index in [4.69, 9.17) is 12.0 Å². The van der Waals surface area contributed by atoms with Gasteiger partial charge >= 0.3 is 5.97 Å². The van der Waals surface area contributed by atoms with Crippen LogP contribution in [0.25, 0.3) is 0 Å². The molecule has 0 aliphatic carbocycles. The molecule has 0 atom stereocenters. The first-order chi connectivity index (χ1) is 7.67. The van der Waals surface area contributed by atoms with E-state index >= 15 is 0 Å². The molecule has 0 radical (unpaired) electrons. The number of carboxylic acids is 1. The van der Waals surface area contributed by atoms with E-state index in [1.54, 1.807) is 12.2 Å². The van der Waals surface area contributed by atoms with Crippen molar-refractivity contribution < 1.29 is 16.8 Å². The minimum atomic E-state index is -2.67. The number of carbonyl (C=O) groups is 1. The van der Waals surface area contributed by atoms with Crippen LogP contribution in [0.5, 0.6) is 0 Å². The standard InChI is InChI=1S/C10H16O2/c1-2-3-4-5-6-7-8-9-10(11)12/h3-4,6-7H,2,5,8-9H2,1H3,(H,11,12)/b4-3-,7-6-/i1D3,2D2. The molecule has 12 heavy (non-hydrogen) atoms. The second kappa shape index (κ2) is 8.05. The molecule has 2 nitrogen and oxygen atoms in total. The van der Waals surface area contributed by atoms with Crippen molar-refractivity contribution in [2.24, 2.45) is 0 Å². The van der Waals surface area contributed by atoms with E-state index in [2.05, 4.69) is 0 Å². The number of aliphatic carboxylic acids is 1. The molecular weight excluding hydrogens is 152 g/mol. The van der Waals surface area contributed by atoms with E-state index in [-0.39, 0.29) is 6.42 Å². The first-order valence-electron chi connectivity index (χ1n) is 6.21. The molecule has 1 N–H and O–H groups in total. The van der Waals surface area contributed by atoms with Gasteiger partial charge in [0.25, 0.3) is 0 Å². The van der Waals surface area contributed by atoms with Crippen molar-refractivity contribution in [1.29, 1.82) is 0 Å². The second-order valence-electron chi connectivity index (χ2n) is 2.19. The molecule has 0 saturated heterocycles. The third kappa shape index (κ3) is 8.95. The first kappa shape index (κ1) is 4.85. The lowest BCUT2D eigenvalue weighted by Gasteiger charge is -1.86. The van der Waals surface area contributed by atoms with Crippen molar-refractivity contribution in [3.05, 3.63) is 24.3 Å². The third-order valence-electron chi connectivity index (χ3n) is 1.16. The van der Waals surface area contributed by atoms with Crippen LogP contribution in [0.15, 0.2) is 24.3 Å². The fourth-order valence-electron chi connectivity index (χ4n) is 0.626. The van der Waals surface area contributed by atoms with E-state index in [1.165, 1.54) is 6.08 Å². The fourth-order valence-corrected chi connectivity index (χ4v) is 0.626. The van der Waals surface area contributed by atoms with Crippen LogP contribution in [0.1, 0.15) is 39.3 Å². The number of allylic oxidation sites excluding steroid dienone is 4. The summed E-state index contributed by atoms with van der Waals surface area (Å²) in [5.41, 5.74) is 0. The molecule has 0 aromatic carbocycles. The maximum Gasteiger partial charge on any atom is 0.303 e. The van der Waals surface area contributed by atoms with Gasteiger partial charge in [0.15, 0.2) is 0 Å². The van der Waals surface area contributed by atoms with Gasteiger partial charge in [0, 0.05) is 13.3 Å². The normalized spacial score (nSPS) is 19.8. The second-order valence-corrected chi connectivity index (χ2v) is 2.19. The summed E-state index contributed by atoms with van der Waals surface area (Å²) >= 11 is 0. The van der Waals surface area contributed by atoms with E-state index in [1.807, 2.05) is 0 Å². The van der Waals surface area contributed by atoms with Crippen LogP contribution in [0.2, 0.25) is 0 Å². The molecule has 0 fully saturated rings. The number of hydrogen-bond acceptors (Lipinski definition) is 1. The van der Waals surface area contributed by atoms with Gasteiger partial charge in [-0.1, -0.05) is 31.2 Å². The van der Waals surface area contributed by atoms with Crippen LogP contribution >= 0.6 is 0 Å². The minimum absolute atomic E-state index is 0.0519. The monoisotopic (exact) mass is 173 g/mol. The van der Waals surface area contributed by atoms with Crippen molar-refractivity contribution in [1.82, 2.24) is 0 Å². The number of hydrogen-bond donors (Lipinski definition) is 1. The maximum absolute atomic E-state index is 10.2. The average Bonchev–Trinajstić information content (AvgIpc) is 2.13. The van der Waals surface area contributed by atoms with Crippen molar-refractivity contribution >= 4 is 5.97 Å². The van der Waals surface area contributed by atoms with Crippen molar-refractivity contribution in [3.63, 3.8) is 0 Å². The van der Waals surface area contributed by atoms with Crippen LogP contribution in [0.4, 0.5) is 0 Å². The summed E-state index contributed by atoms with van der Waals surface area (Å²) in [4.78, 5) is 10.2. The highest BCUT2D eigenvalue weighted by atomic mass is 16.4. The zero-order valence-electron chi connectivity index (χ0n) is 11.8. The lowest BCUT2D eigenvalue weighted by Crippen LogP contribution is -1.91. The smallest absolute Gasteiger partial charge is 0.303 e. The Balaban J connectivity index is 4.00. The van der Waals surface area contributed by atoms with Crippen LogP contribution in [0.3, 0.4) is 0 Å². The van der Waals surface area contributed by atoms with Crippen LogP contribution in [-0.2, 0) is 4.79 Å². The summed E-state index contributed by atoms with van der Waals surface area (Å²) < 4.78 is 35.4. The summed E-state index contributed by atoms with van der Waals surface area (Å²) in [6.07, 6.45) is 4.30. The van der Waals surface area contributed by atoms with Gasteiger partial charge in [0.2, 0.25) is 0 Å². The van der Waals surface area contributed by atoms with E-state index in [0.29, 0.717) is 12.8 Å². The fraction of sp³-hybridized carbons (Fsp3) is 0.500. The molecule has 0 heterocycles. The molecular formula is C10H16O2. The number of carboxylic acid groups (broad SMARTS) is 1. The molecule has 0 unspecified atom stereocenters. The highest BCUT2D eigenvalue weighted by molar-refractivity contribution is 5.66. The van der Waals surface area contributed by atoms with Crippen molar-refractivity contribution in [3.8, 4) is 0 Å². The summed E-state index contributed by atoms with van der Waals surface area (Å²) in [6.45, 7) is -2.67. The third-order valence-corrected chi connectivity index (χ3v) is 1.16. The average molecular weight is 173 g/mol. The molecule has 0 aliphatic heterocycles. The Kier molecular flexibility index (Phi) is 3.25. The van der Waals surface area contributed by atoms with E-state index in [0.717, 1.165) is 6.08 Å². The highest BCUT2D eigenvalue weighted by Crippen LogP contribution is 1.94. The van der Waals surface area contributed by atoms with Crippen LogP contribution in [-0.4, -0.2) is 11.1 Å². The van der Waals surface area contributed by atoms with Gasteiger partial charge in [-0.2, -0.15) is 0 Å². The Bertz CT molecular complexity index is 304. The van der Waals surface area contributed by atoms with Gasteiger partial charge in [-0.3, -0.25) is 4.79 Å². The van der Waals surface area contributed by atoms with Gasteiger partial charge in [-0.25, -0.2) is 0 Å². The topological polar surface area (TPSA) is 37.3 Å². The minimum Gasteiger partial charge on any atom is -0.481 e. The van der Waals surface area contributed by atoms with Crippen molar-refractivity contribution in [2.45, 2.75) is 32.5 Å². The van der Waals surface area contributed by atoms with E-state index in [9.17, 15) is 4.79 Å². The molecule has 0 amide bonds. The summed E-state index contributed by atoms with van der Waals surface area (Å²) in [7, 11) is 0. The molecule has 68 valence electrons. The van der Waals surface area contributed by atoms with Gasteiger partial charge < -0.3 is 5.11 Å². The lowest BCUT2D eigenvalue weighted by molar-refractivity contribution is -0.136. The highest BCUT2D eigenvalue weighted by Gasteiger charge is 1.90. The molecule has 0 aliphatic rings. The first-order valence-corrected chi connectivity index (χ1v) is 3.71. The zero-order valence-corrected chi connectivity index (χ0v) is 6.79. The van der Waals surface area contributed by atoms with Crippen molar-refractivity contribution in [2.75, 3.05) is 0 Å². The summed E-state index contributed by atoms with van der Waals surface area (Å²) in [6, 6.07) is 0. The van der Waals surface area contributed by atoms with Crippen LogP contribution < -0.4 is 0 Å². The predicted octanol–water partition coefficient (Wildman–Crippen LogP) is 2.76. The van der Waals surface area contributed by atoms with E-state index < -0.39 is 19.2 Å². The molecule has 0 saturated carbocycles. The Morgan fingerprint density at radius 3 is 2.92 bits per heavy atom. The van der Waals surface area contributed by atoms with Gasteiger partial charge in [0.05, 0.1) is 0 Å².